The zero-order valence-electron chi connectivity index (χ0n) is 8.75. The quantitative estimate of drug-likeness (QED) is 0.909. The van der Waals surface area contributed by atoms with E-state index in [1.54, 1.807) is 7.11 Å². The number of rotatable bonds is 2. The summed E-state index contributed by atoms with van der Waals surface area (Å²) in [5.74, 6) is 0.855. The van der Waals surface area contributed by atoms with E-state index in [1.807, 2.05) is 19.3 Å². The van der Waals surface area contributed by atoms with Crippen LogP contribution in [0.2, 0.25) is 0 Å². The summed E-state index contributed by atoms with van der Waals surface area (Å²) in [5, 5.41) is 1.09. The Morgan fingerprint density at radius 1 is 1.47 bits per heavy atom. The van der Waals surface area contributed by atoms with E-state index in [4.69, 9.17) is 10.5 Å². The fourth-order valence-electron chi connectivity index (χ4n) is 1.87. The van der Waals surface area contributed by atoms with Crippen molar-refractivity contribution in [2.24, 2.45) is 12.8 Å². The smallest absolute Gasteiger partial charge is 0.142 e. The van der Waals surface area contributed by atoms with Gasteiger partial charge in [0.2, 0.25) is 0 Å². The first-order chi connectivity index (χ1) is 7.19. The van der Waals surface area contributed by atoms with Gasteiger partial charge in [-0.2, -0.15) is 0 Å². The predicted molar refractivity (Wildman–Crippen MR) is 65.1 cm³/mol. The summed E-state index contributed by atoms with van der Waals surface area (Å²) in [7, 11) is 3.68. The molecule has 0 fully saturated rings. The maximum absolute atomic E-state index is 5.72. The van der Waals surface area contributed by atoms with Crippen LogP contribution in [0.3, 0.4) is 0 Å². The molecule has 0 aliphatic carbocycles. The molecule has 2 N–H and O–H groups in total. The van der Waals surface area contributed by atoms with E-state index >= 15 is 0 Å². The Labute approximate surface area is 96.9 Å². The van der Waals surface area contributed by atoms with Gasteiger partial charge >= 0.3 is 0 Å². The summed E-state index contributed by atoms with van der Waals surface area (Å²) in [6, 6.07) is 4.04. The third-order valence-corrected chi connectivity index (χ3v) is 3.19. The summed E-state index contributed by atoms with van der Waals surface area (Å²) >= 11 is 3.48. The van der Waals surface area contributed by atoms with Crippen molar-refractivity contribution in [3.05, 3.63) is 28.4 Å². The Kier molecular flexibility index (Phi) is 2.71. The Balaban J connectivity index is 2.88. The highest BCUT2D eigenvalue weighted by Crippen LogP contribution is 2.36. The largest absolute Gasteiger partial charge is 0.495 e. The van der Waals surface area contributed by atoms with Crippen LogP contribution in [0.4, 0.5) is 0 Å². The second-order valence-electron chi connectivity index (χ2n) is 3.44. The van der Waals surface area contributed by atoms with E-state index in [9.17, 15) is 0 Å². The minimum absolute atomic E-state index is 0.518. The molecule has 0 amide bonds. The van der Waals surface area contributed by atoms with Gasteiger partial charge < -0.3 is 15.0 Å². The van der Waals surface area contributed by atoms with Crippen molar-refractivity contribution >= 4 is 26.8 Å². The maximum Gasteiger partial charge on any atom is 0.142 e. The number of halogens is 1. The molecule has 0 saturated heterocycles. The number of fused-ring (bicyclic) bond motifs is 1. The molecule has 1 aromatic heterocycles. The number of nitrogens with two attached hydrogens (primary N) is 1. The zero-order chi connectivity index (χ0) is 11.0. The lowest BCUT2D eigenvalue weighted by Crippen LogP contribution is -1.95. The van der Waals surface area contributed by atoms with Crippen LogP contribution in [0.1, 0.15) is 5.56 Å². The van der Waals surface area contributed by atoms with Crippen LogP contribution in [0.25, 0.3) is 10.9 Å². The molecule has 0 unspecified atom stereocenters. The highest BCUT2D eigenvalue weighted by molar-refractivity contribution is 9.10. The average molecular weight is 269 g/mol. The number of benzene rings is 1. The average Bonchev–Trinajstić information content (AvgIpc) is 2.55. The van der Waals surface area contributed by atoms with Crippen LogP contribution >= 0.6 is 15.9 Å². The highest BCUT2D eigenvalue weighted by Gasteiger charge is 2.13. The van der Waals surface area contributed by atoms with Crippen LogP contribution in [-0.4, -0.2) is 11.7 Å². The molecule has 0 spiro atoms. The third kappa shape index (κ3) is 1.54. The van der Waals surface area contributed by atoms with E-state index in [0.717, 1.165) is 26.7 Å². The van der Waals surface area contributed by atoms with E-state index in [1.165, 1.54) is 0 Å². The van der Waals surface area contributed by atoms with Crippen LogP contribution in [-0.2, 0) is 13.6 Å². The molecule has 4 heteroatoms. The van der Waals surface area contributed by atoms with E-state index in [0.29, 0.717) is 6.54 Å². The number of nitrogens with zero attached hydrogens (tertiary/aromatic N) is 1. The first-order valence-corrected chi connectivity index (χ1v) is 5.48. The molecule has 1 heterocycles. The van der Waals surface area contributed by atoms with Crippen LogP contribution in [0, 0.1) is 0 Å². The molecule has 0 atom stereocenters. The number of methoxy groups -OCH3 is 1. The molecule has 2 aromatic rings. The van der Waals surface area contributed by atoms with Gasteiger partial charge in [0.15, 0.2) is 0 Å². The Bertz CT molecular complexity index is 505. The van der Waals surface area contributed by atoms with Gasteiger partial charge in [0, 0.05) is 25.2 Å². The number of hydrogen-bond acceptors (Lipinski definition) is 2. The predicted octanol–water partition coefficient (Wildman–Crippen LogP) is 2.41. The lowest BCUT2D eigenvalue weighted by molar-refractivity contribution is 0.417. The van der Waals surface area contributed by atoms with Crippen molar-refractivity contribution in [3.63, 3.8) is 0 Å². The molecule has 1 aromatic carbocycles. The van der Waals surface area contributed by atoms with Crippen LogP contribution < -0.4 is 10.5 Å². The van der Waals surface area contributed by atoms with Crippen molar-refractivity contribution in [3.8, 4) is 5.75 Å². The van der Waals surface area contributed by atoms with Gasteiger partial charge in [-0.25, -0.2) is 0 Å². The van der Waals surface area contributed by atoms with E-state index < -0.39 is 0 Å². The fourth-order valence-corrected chi connectivity index (χ4v) is 2.37. The molecule has 0 saturated carbocycles. The van der Waals surface area contributed by atoms with Gasteiger partial charge in [0.05, 0.1) is 17.1 Å². The molecule has 0 bridgehead atoms. The summed E-state index contributed by atoms with van der Waals surface area (Å²) in [5.41, 5.74) is 7.96. The van der Waals surface area contributed by atoms with Gasteiger partial charge in [0.25, 0.3) is 0 Å². The molecular weight excluding hydrogens is 256 g/mol. The van der Waals surface area contributed by atoms with Crippen LogP contribution in [0.5, 0.6) is 5.75 Å². The molecule has 80 valence electrons. The van der Waals surface area contributed by atoms with Crippen molar-refractivity contribution in [1.29, 1.82) is 0 Å². The fraction of sp³-hybridized carbons (Fsp3) is 0.273. The summed E-state index contributed by atoms with van der Waals surface area (Å²) < 4.78 is 8.42. The molecule has 0 radical (unpaired) electrons. The Morgan fingerprint density at radius 3 is 2.80 bits per heavy atom. The van der Waals surface area contributed by atoms with Crippen molar-refractivity contribution in [1.82, 2.24) is 4.57 Å². The molecule has 15 heavy (non-hydrogen) atoms. The minimum Gasteiger partial charge on any atom is -0.495 e. The third-order valence-electron chi connectivity index (χ3n) is 2.56. The number of aryl methyl sites for hydroxylation is 1. The summed E-state index contributed by atoms with van der Waals surface area (Å²) in [4.78, 5) is 0. The van der Waals surface area contributed by atoms with E-state index in [-0.39, 0.29) is 0 Å². The first kappa shape index (κ1) is 10.5. The molecular formula is C11H13BrN2O. The highest BCUT2D eigenvalue weighted by atomic mass is 79.9. The van der Waals surface area contributed by atoms with Crippen molar-refractivity contribution < 1.29 is 4.74 Å². The topological polar surface area (TPSA) is 40.2 Å². The van der Waals surface area contributed by atoms with Gasteiger partial charge in [-0.05, 0) is 33.6 Å². The number of aromatic nitrogens is 1. The van der Waals surface area contributed by atoms with Gasteiger partial charge in [0.1, 0.15) is 5.75 Å². The summed E-state index contributed by atoms with van der Waals surface area (Å²) in [6.45, 7) is 0.518. The van der Waals surface area contributed by atoms with Gasteiger partial charge in [-0.1, -0.05) is 0 Å². The first-order valence-electron chi connectivity index (χ1n) is 4.69. The minimum atomic E-state index is 0.518. The van der Waals surface area contributed by atoms with Crippen LogP contribution in [0.15, 0.2) is 22.8 Å². The molecule has 0 aliphatic rings. The van der Waals surface area contributed by atoms with Crippen molar-refractivity contribution in [2.75, 3.05) is 7.11 Å². The molecule has 3 nitrogen and oxygen atoms in total. The lowest BCUT2D eigenvalue weighted by Gasteiger charge is -2.06. The second-order valence-corrected chi connectivity index (χ2v) is 4.30. The monoisotopic (exact) mass is 268 g/mol. The SMILES string of the molecule is COc1c(Br)ccc2c1c(CN)cn2C. The zero-order valence-corrected chi connectivity index (χ0v) is 10.3. The second kappa shape index (κ2) is 3.87. The molecule has 2 rings (SSSR count). The van der Waals surface area contributed by atoms with Crippen molar-refractivity contribution in [2.45, 2.75) is 6.54 Å². The Morgan fingerprint density at radius 2 is 2.20 bits per heavy atom. The number of ether oxygens (including phenoxy) is 1. The Hall–Kier alpha value is -1.00. The normalized spacial score (nSPS) is 10.9. The maximum atomic E-state index is 5.72. The van der Waals surface area contributed by atoms with Gasteiger partial charge in [-0.3, -0.25) is 0 Å². The summed E-state index contributed by atoms with van der Waals surface area (Å²) in [6.07, 6.45) is 2.04. The lowest BCUT2D eigenvalue weighted by atomic mass is 10.1. The van der Waals surface area contributed by atoms with Gasteiger partial charge in [-0.15, -0.1) is 0 Å². The number of hydrogen-bond donors (Lipinski definition) is 1. The molecule has 0 aliphatic heterocycles. The standard InChI is InChI=1S/C11H13BrN2O/c1-14-6-7(5-13)10-9(14)4-3-8(12)11(10)15-2/h3-4,6H,5,13H2,1-2H3. The van der Waals surface area contributed by atoms with E-state index in [2.05, 4.69) is 26.6 Å².